The summed E-state index contributed by atoms with van der Waals surface area (Å²) in [5, 5.41) is 207. The van der Waals surface area contributed by atoms with Crippen molar-refractivity contribution in [1.29, 1.82) is 0 Å². The first kappa shape index (κ1) is 95.8. The topological polar surface area (TPSA) is 559 Å². The second-order valence-corrected chi connectivity index (χ2v) is 29.6. The summed E-state index contributed by atoms with van der Waals surface area (Å²) in [6, 6.07) is -5.12. The van der Waals surface area contributed by atoms with E-state index in [0.29, 0.717) is 12.8 Å². The first-order chi connectivity index (χ1) is 51.0. The van der Waals surface area contributed by atoms with Crippen molar-refractivity contribution < 1.29 is 154 Å². The molecule has 8 unspecified atom stereocenters. The van der Waals surface area contributed by atoms with E-state index in [2.05, 4.69) is 29.8 Å². The van der Waals surface area contributed by atoms with E-state index < -0.39 is 234 Å². The number of hydrogen-bond donors (Lipinski definition) is 21. The lowest BCUT2D eigenvalue weighted by atomic mass is 9.87. The van der Waals surface area contributed by atoms with Gasteiger partial charge in [0.05, 0.1) is 69.5 Å². The Labute approximate surface area is 628 Å². The lowest BCUT2D eigenvalue weighted by Crippen LogP contribution is -2.72. The highest BCUT2D eigenvalue weighted by Crippen LogP contribution is 2.41. The number of carbonyl (C=O) groups is 5. The smallest absolute Gasteiger partial charge is 0.364 e. The summed E-state index contributed by atoms with van der Waals surface area (Å²) in [7, 11) is 0. The highest BCUT2D eigenvalue weighted by Gasteiger charge is 2.62. The Morgan fingerprint density at radius 1 is 0.477 bits per heavy atom. The highest BCUT2D eigenvalue weighted by molar-refractivity contribution is 5.81. The molecule has 3 amide bonds. The third-order valence-electron chi connectivity index (χ3n) is 20.8. The van der Waals surface area contributed by atoms with Gasteiger partial charge in [0, 0.05) is 26.7 Å². The summed E-state index contributed by atoms with van der Waals surface area (Å²) < 4.78 is 46.3. The fraction of sp³-hybridized carbons (Fsp3) is 0.932. The molecular weight excluding hydrogens is 1410 g/mol. The van der Waals surface area contributed by atoms with Crippen molar-refractivity contribution in [2.45, 2.75) is 398 Å². The third-order valence-corrected chi connectivity index (χ3v) is 20.8. The van der Waals surface area contributed by atoms with E-state index in [1.54, 1.807) is 0 Å². The minimum absolute atomic E-state index is 0.0882. The van der Waals surface area contributed by atoms with Crippen LogP contribution >= 0.6 is 0 Å². The second-order valence-electron chi connectivity index (χ2n) is 29.6. The first-order valence-corrected chi connectivity index (χ1v) is 39.2. The maximum atomic E-state index is 13.7. The summed E-state index contributed by atoms with van der Waals surface area (Å²) in [6.07, 6.45) is -14.3. The molecule has 4 rings (SSSR count). The summed E-state index contributed by atoms with van der Waals surface area (Å²) in [5.74, 6) is -13.7. The molecule has 0 radical (unpaired) electrons. The fourth-order valence-corrected chi connectivity index (χ4v) is 14.4. The van der Waals surface area contributed by atoms with Crippen molar-refractivity contribution in [3.8, 4) is 0 Å². The van der Waals surface area contributed by atoms with E-state index in [1.807, 2.05) is 0 Å². The van der Waals surface area contributed by atoms with Crippen LogP contribution in [0, 0.1) is 0 Å². The van der Waals surface area contributed by atoms with Crippen molar-refractivity contribution in [2.24, 2.45) is 0 Å². The van der Waals surface area contributed by atoms with Gasteiger partial charge in [-0.15, -0.1) is 0 Å². The minimum atomic E-state index is -3.42. The zero-order valence-electron chi connectivity index (χ0n) is 63.1. The number of carboxylic acid groups (broad SMARTS) is 2. The number of amides is 3. The van der Waals surface area contributed by atoms with E-state index in [1.165, 1.54) is 109 Å². The molecule has 107 heavy (non-hydrogen) atoms. The molecule has 21 N–H and O–H groups in total. The Morgan fingerprint density at radius 3 is 1.33 bits per heavy atom. The Morgan fingerprint density at radius 2 is 0.897 bits per heavy atom. The van der Waals surface area contributed by atoms with Gasteiger partial charge in [0.25, 0.3) is 11.6 Å². The summed E-state index contributed by atoms with van der Waals surface area (Å²) >= 11 is 0. The molecule has 626 valence electrons. The first-order valence-electron chi connectivity index (χ1n) is 39.2. The molecule has 4 saturated heterocycles. The number of carboxylic acids is 2. The van der Waals surface area contributed by atoms with Gasteiger partial charge in [-0.25, -0.2) is 9.59 Å². The van der Waals surface area contributed by atoms with Crippen LogP contribution < -0.4 is 16.0 Å². The van der Waals surface area contributed by atoms with Crippen molar-refractivity contribution in [3.63, 3.8) is 0 Å². The Bertz CT molecular complexity index is 2480. The lowest BCUT2D eigenvalue weighted by molar-refractivity contribution is -0.388. The predicted octanol–water partition coefficient (Wildman–Crippen LogP) is -0.325. The summed E-state index contributed by atoms with van der Waals surface area (Å²) in [4.78, 5) is 65.2. The molecule has 34 heteroatoms. The number of aliphatic hydroxyl groups is 16. The molecule has 4 heterocycles. The summed E-state index contributed by atoms with van der Waals surface area (Å²) in [6.45, 7) is 0.701. The number of ether oxygens (including phenoxy) is 8. The highest BCUT2D eigenvalue weighted by atomic mass is 16.8. The van der Waals surface area contributed by atoms with Gasteiger partial charge in [-0.1, -0.05) is 200 Å². The van der Waals surface area contributed by atoms with E-state index in [4.69, 9.17) is 37.9 Å². The van der Waals surface area contributed by atoms with E-state index in [0.717, 1.165) is 78.1 Å². The lowest BCUT2D eigenvalue weighted by Gasteiger charge is -2.51. The molecule has 0 spiro atoms. The largest absolute Gasteiger partial charge is 0.477 e. The predicted molar refractivity (Wildman–Crippen MR) is 380 cm³/mol. The number of aliphatic carboxylic acids is 2. The van der Waals surface area contributed by atoms with Crippen LogP contribution in [0.25, 0.3) is 0 Å². The van der Waals surface area contributed by atoms with Crippen molar-refractivity contribution in [2.75, 3.05) is 33.0 Å². The van der Waals surface area contributed by atoms with Crippen LogP contribution in [0.3, 0.4) is 0 Å². The van der Waals surface area contributed by atoms with Gasteiger partial charge in [-0.2, -0.15) is 0 Å². The van der Waals surface area contributed by atoms with Crippen LogP contribution in [-0.4, -0.2) is 313 Å². The number of rotatable bonds is 56. The van der Waals surface area contributed by atoms with Gasteiger partial charge in [-0.05, 0) is 12.8 Å². The van der Waals surface area contributed by atoms with Gasteiger partial charge in [0.15, 0.2) is 12.6 Å². The average Bonchev–Trinajstić information content (AvgIpc) is 0.744. The molecule has 26 atom stereocenters. The number of unbranched alkanes of at least 4 members (excludes halogenated alkanes) is 27. The van der Waals surface area contributed by atoms with Crippen LogP contribution in [0.15, 0.2) is 0 Å². The number of nitrogens with one attached hydrogen (secondary N) is 3. The van der Waals surface area contributed by atoms with Crippen LogP contribution in [0.1, 0.15) is 240 Å². The standard InChI is InChI=1S/C73H133N3O31/c1-5-7-9-11-13-15-17-18-19-20-21-22-23-25-27-29-31-33-35-47(84)67(95)76-45(56(88)46(83)34-32-30-28-26-24-16-14-12-10-8-6-2)42-100-68-61(93)60(92)63(53(41-80)102-68)103-69-62(94)66(58(90)51(39-78)101-69)107-73(71(98)99)37-49(86)55(75-44(4)82)65(106-73)59(91)52(40-79)104-72(70(96)97)36-48(85)54(74-43(3)81)64(105-72)57(89)50(87)38-77/h45-66,68-69,77-80,83-94H,5-42H2,1-4H3,(H,74,81)(H,75,82)(H,76,95)(H,96,97)(H,98,99)/t45?,46?,47?,48-,49-,50?,51+,52?,53+,54+,55+,56?,57?,58-,59?,60+,61+,62+,63+,64+,65+,66-,68+,69-,72+,73-/m0/s1. The molecule has 0 aromatic rings. The third kappa shape index (κ3) is 30.4. The van der Waals surface area contributed by atoms with Gasteiger partial charge < -0.3 is 146 Å². The Kier molecular flexibility index (Phi) is 45.2. The second kappa shape index (κ2) is 50.5. The van der Waals surface area contributed by atoms with Crippen molar-refractivity contribution >= 4 is 29.7 Å². The van der Waals surface area contributed by atoms with E-state index in [9.17, 15) is 116 Å². The zero-order valence-corrected chi connectivity index (χ0v) is 63.1. The van der Waals surface area contributed by atoms with E-state index >= 15 is 0 Å². The van der Waals surface area contributed by atoms with Gasteiger partial charge in [-0.3, -0.25) is 14.4 Å². The molecular formula is C73H133N3O31. The molecule has 4 aliphatic rings. The van der Waals surface area contributed by atoms with Crippen LogP contribution in [0.4, 0.5) is 0 Å². The van der Waals surface area contributed by atoms with Gasteiger partial charge >= 0.3 is 11.9 Å². The minimum Gasteiger partial charge on any atom is -0.477 e. The Balaban J connectivity index is 1.49. The van der Waals surface area contributed by atoms with Gasteiger partial charge in [0.1, 0.15) is 97.7 Å². The molecule has 0 aromatic carbocycles. The Hall–Kier alpha value is -3.61. The SMILES string of the molecule is CCCCCCCCCCCCCCCCCCCCC(O)C(=O)NC(CO[C@@H]1O[C@H](CO)[C@@H](O[C@@H]2O[C@H](CO)[C@H](O)[C@H](O[C@]3(C(=O)O)C[C@H](O)[C@@H](NC(C)=O)[C@H](C(O)C(CO)O[C@]4(C(=O)O)C[C@H](O)[C@@H](NC(C)=O)[C@H](C(O)C(O)CO)O4)O3)[C@H]2O)[C@H](O)[C@H]1O)C(O)C(O)CCCCCCCCCCCCC. The van der Waals surface area contributed by atoms with E-state index in [-0.39, 0.29) is 12.8 Å². The molecule has 0 bridgehead atoms. The maximum absolute atomic E-state index is 13.7. The average molecular weight is 1550 g/mol. The van der Waals surface area contributed by atoms with Crippen molar-refractivity contribution in [1.82, 2.24) is 16.0 Å². The molecule has 4 aliphatic heterocycles. The van der Waals surface area contributed by atoms with Crippen molar-refractivity contribution in [3.05, 3.63) is 0 Å². The fourth-order valence-electron chi connectivity index (χ4n) is 14.4. The monoisotopic (exact) mass is 1550 g/mol. The maximum Gasteiger partial charge on any atom is 0.364 e. The normalized spacial score (nSPS) is 31.4. The molecule has 0 saturated carbocycles. The number of carbonyl (C=O) groups excluding carboxylic acids is 3. The van der Waals surface area contributed by atoms with Crippen LogP contribution in [0.2, 0.25) is 0 Å². The molecule has 4 fully saturated rings. The molecule has 0 aromatic heterocycles. The van der Waals surface area contributed by atoms with Gasteiger partial charge in [0.2, 0.25) is 17.7 Å². The molecule has 34 nitrogen and oxygen atoms in total. The van der Waals surface area contributed by atoms with Crippen LogP contribution in [-0.2, 0) is 61.9 Å². The number of hydrogen-bond acceptors (Lipinski definition) is 29. The zero-order chi connectivity index (χ0) is 79.4. The summed E-state index contributed by atoms with van der Waals surface area (Å²) in [5.41, 5.74) is 0. The number of aliphatic hydroxyl groups excluding tert-OH is 16. The van der Waals surface area contributed by atoms with Crippen LogP contribution in [0.5, 0.6) is 0 Å². The quantitative estimate of drug-likeness (QED) is 0.0347. The molecule has 0 aliphatic carbocycles.